The summed E-state index contributed by atoms with van der Waals surface area (Å²) in [4.78, 5) is 12.1. The van der Waals surface area contributed by atoms with Crippen molar-refractivity contribution in [2.24, 2.45) is 0 Å². The Labute approximate surface area is 133 Å². The molecule has 0 unspecified atom stereocenters. The molecule has 2 N–H and O–H groups in total. The molecular formula is C14H20N4O3S. The molecule has 2 aromatic heterocycles. The first kappa shape index (κ1) is 16.4. The van der Waals surface area contributed by atoms with E-state index in [0.717, 1.165) is 23.6 Å². The van der Waals surface area contributed by atoms with Crippen molar-refractivity contribution in [3.05, 3.63) is 28.7 Å². The summed E-state index contributed by atoms with van der Waals surface area (Å²) >= 11 is 1.36. The van der Waals surface area contributed by atoms with Crippen molar-refractivity contribution >= 4 is 22.5 Å². The first-order valence-corrected chi connectivity index (χ1v) is 7.95. The Hall–Kier alpha value is -1.93. The lowest BCUT2D eigenvalue weighted by molar-refractivity contribution is 0.158. The zero-order valence-electron chi connectivity index (χ0n) is 12.9. The number of anilines is 1. The van der Waals surface area contributed by atoms with Crippen molar-refractivity contribution in [2.75, 3.05) is 19.0 Å². The van der Waals surface area contributed by atoms with E-state index in [1.807, 2.05) is 26.0 Å². The molecule has 0 fully saturated rings. The van der Waals surface area contributed by atoms with Gasteiger partial charge in [-0.25, -0.2) is 4.79 Å². The summed E-state index contributed by atoms with van der Waals surface area (Å²) in [7, 11) is 1.58. The normalized spacial score (nSPS) is 12.1. The molecule has 0 bridgehead atoms. The minimum atomic E-state index is -0.365. The molecule has 0 spiro atoms. The minimum Gasteiger partial charge on any atom is -0.464 e. The van der Waals surface area contributed by atoms with Crippen LogP contribution in [0.3, 0.4) is 0 Å². The number of urea groups is 1. The number of ether oxygens (including phenoxy) is 1. The topological polar surface area (TPSA) is 89.3 Å². The summed E-state index contributed by atoms with van der Waals surface area (Å²) in [5, 5.41) is 14.7. The highest BCUT2D eigenvalue weighted by Crippen LogP contribution is 2.19. The Kier molecular flexibility index (Phi) is 5.91. The van der Waals surface area contributed by atoms with Gasteiger partial charge in [-0.3, -0.25) is 5.32 Å². The van der Waals surface area contributed by atoms with Gasteiger partial charge in [0.2, 0.25) is 5.13 Å². The van der Waals surface area contributed by atoms with Crippen LogP contribution in [0.4, 0.5) is 9.93 Å². The Morgan fingerprint density at radius 2 is 2.18 bits per heavy atom. The van der Waals surface area contributed by atoms with Crippen molar-refractivity contribution in [3.63, 3.8) is 0 Å². The van der Waals surface area contributed by atoms with E-state index in [2.05, 4.69) is 20.8 Å². The fourth-order valence-corrected chi connectivity index (χ4v) is 2.55. The standard InChI is InChI=1S/C14H20N4O3S/c1-4-9-6-7-11(21-9)10(8-20-3)15-13(19)16-14-18-17-12(5-2)22-14/h6-7,10H,4-5,8H2,1-3H3,(H2,15,16,18,19)/t10-/m0/s1. The van der Waals surface area contributed by atoms with Crippen molar-refractivity contribution < 1.29 is 13.9 Å². The molecule has 2 amide bonds. The van der Waals surface area contributed by atoms with Crippen LogP contribution in [0.25, 0.3) is 0 Å². The fraction of sp³-hybridized carbons (Fsp3) is 0.500. The fourth-order valence-electron chi connectivity index (χ4n) is 1.87. The molecule has 0 aromatic carbocycles. The molecule has 120 valence electrons. The third kappa shape index (κ3) is 4.28. The van der Waals surface area contributed by atoms with Crippen molar-refractivity contribution in [2.45, 2.75) is 32.7 Å². The second kappa shape index (κ2) is 7.90. The van der Waals surface area contributed by atoms with Crippen LogP contribution in [-0.2, 0) is 17.6 Å². The van der Waals surface area contributed by atoms with E-state index in [9.17, 15) is 4.79 Å². The predicted octanol–water partition coefficient (Wildman–Crippen LogP) is 2.77. The number of methoxy groups -OCH3 is 1. The smallest absolute Gasteiger partial charge is 0.321 e. The summed E-state index contributed by atoms with van der Waals surface area (Å²) in [5.41, 5.74) is 0. The van der Waals surface area contributed by atoms with E-state index in [4.69, 9.17) is 9.15 Å². The van der Waals surface area contributed by atoms with Gasteiger partial charge in [0.15, 0.2) is 0 Å². The molecule has 22 heavy (non-hydrogen) atoms. The molecular weight excluding hydrogens is 304 g/mol. The quantitative estimate of drug-likeness (QED) is 0.817. The molecule has 2 aromatic rings. The Balaban J connectivity index is 1.98. The van der Waals surface area contributed by atoms with Crippen LogP contribution < -0.4 is 10.6 Å². The van der Waals surface area contributed by atoms with Crippen molar-refractivity contribution in [1.82, 2.24) is 15.5 Å². The SMILES string of the molecule is CCc1ccc([C@H](COC)NC(=O)Nc2nnc(CC)s2)o1. The molecule has 0 aliphatic heterocycles. The van der Waals surface area contributed by atoms with Gasteiger partial charge in [-0.05, 0) is 18.6 Å². The van der Waals surface area contributed by atoms with Crippen LogP contribution in [0, 0.1) is 0 Å². The zero-order chi connectivity index (χ0) is 15.9. The minimum absolute atomic E-state index is 0.320. The summed E-state index contributed by atoms with van der Waals surface area (Å²) < 4.78 is 10.8. The van der Waals surface area contributed by atoms with Gasteiger partial charge < -0.3 is 14.5 Å². The average Bonchev–Trinajstić information content (AvgIpc) is 3.15. The van der Waals surface area contributed by atoms with Crippen LogP contribution >= 0.6 is 11.3 Å². The third-order valence-corrected chi connectivity index (χ3v) is 3.99. The van der Waals surface area contributed by atoms with E-state index < -0.39 is 0 Å². The van der Waals surface area contributed by atoms with E-state index in [-0.39, 0.29) is 12.1 Å². The van der Waals surface area contributed by atoms with Gasteiger partial charge >= 0.3 is 6.03 Å². The highest BCUT2D eigenvalue weighted by atomic mass is 32.1. The maximum absolute atomic E-state index is 12.1. The highest BCUT2D eigenvalue weighted by molar-refractivity contribution is 7.15. The Morgan fingerprint density at radius 3 is 2.77 bits per heavy atom. The number of carbonyl (C=O) groups excluding carboxylic acids is 1. The Bertz CT molecular complexity index is 611. The van der Waals surface area contributed by atoms with Crippen LogP contribution in [0.15, 0.2) is 16.5 Å². The summed E-state index contributed by atoms with van der Waals surface area (Å²) in [6.07, 6.45) is 1.59. The number of furan rings is 1. The van der Waals surface area contributed by atoms with E-state index in [0.29, 0.717) is 17.5 Å². The molecule has 0 radical (unpaired) electrons. The lowest BCUT2D eigenvalue weighted by atomic mass is 10.2. The summed E-state index contributed by atoms with van der Waals surface area (Å²) in [6.45, 7) is 4.32. The van der Waals surface area contributed by atoms with E-state index in [1.165, 1.54) is 11.3 Å². The number of nitrogens with zero attached hydrogens (tertiary/aromatic N) is 2. The molecule has 2 heterocycles. The van der Waals surface area contributed by atoms with Gasteiger partial charge in [0.05, 0.1) is 6.61 Å². The monoisotopic (exact) mass is 324 g/mol. The van der Waals surface area contributed by atoms with Crippen LogP contribution in [0.2, 0.25) is 0 Å². The number of hydrogen-bond donors (Lipinski definition) is 2. The highest BCUT2D eigenvalue weighted by Gasteiger charge is 2.19. The number of aryl methyl sites for hydroxylation is 2. The first-order valence-electron chi connectivity index (χ1n) is 7.13. The van der Waals surface area contributed by atoms with Gasteiger partial charge in [0, 0.05) is 13.5 Å². The summed E-state index contributed by atoms with van der Waals surface area (Å²) in [6, 6.07) is 3.03. The Morgan fingerprint density at radius 1 is 1.36 bits per heavy atom. The number of amides is 2. The lowest BCUT2D eigenvalue weighted by Crippen LogP contribution is -2.34. The van der Waals surface area contributed by atoms with Crippen molar-refractivity contribution in [1.29, 1.82) is 0 Å². The molecule has 2 rings (SSSR count). The number of hydrogen-bond acceptors (Lipinski definition) is 6. The second-order valence-corrected chi connectivity index (χ2v) is 5.68. The van der Waals surface area contributed by atoms with Gasteiger partial charge in [-0.15, -0.1) is 10.2 Å². The summed E-state index contributed by atoms with van der Waals surface area (Å²) in [5.74, 6) is 1.54. The van der Waals surface area contributed by atoms with E-state index in [1.54, 1.807) is 7.11 Å². The number of carbonyl (C=O) groups is 1. The molecule has 0 aliphatic rings. The first-order chi connectivity index (χ1) is 10.7. The number of nitrogens with one attached hydrogen (secondary N) is 2. The van der Waals surface area contributed by atoms with Crippen LogP contribution in [0.5, 0.6) is 0 Å². The van der Waals surface area contributed by atoms with Crippen LogP contribution in [-0.4, -0.2) is 29.9 Å². The maximum Gasteiger partial charge on any atom is 0.321 e. The van der Waals surface area contributed by atoms with Gasteiger partial charge in [-0.2, -0.15) is 0 Å². The zero-order valence-corrected chi connectivity index (χ0v) is 13.7. The lowest BCUT2D eigenvalue weighted by Gasteiger charge is -2.15. The maximum atomic E-state index is 12.1. The van der Waals surface area contributed by atoms with Crippen LogP contribution in [0.1, 0.15) is 36.4 Å². The van der Waals surface area contributed by atoms with Gasteiger partial charge in [0.25, 0.3) is 0 Å². The van der Waals surface area contributed by atoms with Crippen molar-refractivity contribution in [3.8, 4) is 0 Å². The molecule has 0 saturated carbocycles. The van der Waals surface area contributed by atoms with E-state index >= 15 is 0 Å². The molecule has 1 atom stereocenters. The molecule has 7 nitrogen and oxygen atoms in total. The largest absolute Gasteiger partial charge is 0.464 e. The number of aromatic nitrogens is 2. The van der Waals surface area contributed by atoms with Gasteiger partial charge in [-0.1, -0.05) is 25.2 Å². The second-order valence-electron chi connectivity index (χ2n) is 4.62. The predicted molar refractivity (Wildman–Crippen MR) is 84.1 cm³/mol. The number of rotatable bonds is 7. The molecule has 0 aliphatic carbocycles. The third-order valence-electron chi connectivity index (χ3n) is 3.00. The molecule has 8 heteroatoms. The van der Waals surface area contributed by atoms with Gasteiger partial charge in [0.1, 0.15) is 22.6 Å². The average molecular weight is 324 g/mol. The molecule has 0 saturated heterocycles.